The summed E-state index contributed by atoms with van der Waals surface area (Å²) in [6.07, 6.45) is 1.87. The van der Waals surface area contributed by atoms with Crippen LogP contribution >= 0.6 is 0 Å². The summed E-state index contributed by atoms with van der Waals surface area (Å²) in [6, 6.07) is 8.53. The van der Waals surface area contributed by atoms with Crippen molar-refractivity contribution in [2.75, 3.05) is 17.1 Å². The van der Waals surface area contributed by atoms with E-state index < -0.39 is 27.3 Å². The maximum atomic E-state index is 13.6. The predicted molar refractivity (Wildman–Crippen MR) is 119 cm³/mol. The molecule has 2 aromatic rings. The third kappa shape index (κ3) is 5.76. The fourth-order valence-corrected chi connectivity index (χ4v) is 4.84. The number of nitrogens with one attached hydrogen (secondary N) is 1. The Kier molecular flexibility index (Phi) is 6.78. The Morgan fingerprint density at radius 3 is 2.56 bits per heavy atom. The van der Waals surface area contributed by atoms with Crippen LogP contribution in [0.2, 0.25) is 0 Å². The smallest absolute Gasteiger partial charge is 0.232 e. The van der Waals surface area contributed by atoms with Gasteiger partial charge in [0.25, 0.3) is 0 Å². The first-order chi connectivity index (χ1) is 14.9. The van der Waals surface area contributed by atoms with E-state index in [2.05, 4.69) is 5.32 Å². The van der Waals surface area contributed by atoms with Crippen molar-refractivity contribution in [3.63, 3.8) is 0 Å². The van der Waals surface area contributed by atoms with Gasteiger partial charge in [0.2, 0.25) is 15.9 Å². The monoisotopic (exact) mass is 466 g/mol. The summed E-state index contributed by atoms with van der Waals surface area (Å²) in [4.78, 5) is 12.7. The lowest BCUT2D eigenvalue weighted by Gasteiger charge is -2.38. The van der Waals surface area contributed by atoms with Crippen molar-refractivity contribution in [1.29, 1.82) is 0 Å². The molecule has 1 aliphatic heterocycles. The first-order valence-corrected chi connectivity index (χ1v) is 12.2. The second kappa shape index (κ2) is 9.05. The highest BCUT2D eigenvalue weighted by atomic mass is 32.2. The van der Waals surface area contributed by atoms with Crippen LogP contribution in [-0.4, -0.2) is 32.7 Å². The molecule has 0 spiro atoms. The molecule has 2 aromatic carbocycles. The predicted octanol–water partition coefficient (Wildman–Crippen LogP) is 4.24. The molecular formula is C23H28F2N2O4S. The van der Waals surface area contributed by atoms with Crippen LogP contribution in [0.25, 0.3) is 0 Å². The summed E-state index contributed by atoms with van der Waals surface area (Å²) in [5, 5.41) is 3.03. The fourth-order valence-electron chi connectivity index (χ4n) is 3.88. The van der Waals surface area contributed by atoms with Crippen LogP contribution in [0.4, 0.5) is 14.5 Å². The van der Waals surface area contributed by atoms with Crippen molar-refractivity contribution < 1.29 is 26.7 Å². The number of carbonyl (C=O) groups excluding carboxylic acids is 1. The van der Waals surface area contributed by atoms with E-state index in [0.717, 1.165) is 39.6 Å². The van der Waals surface area contributed by atoms with Gasteiger partial charge in [-0.15, -0.1) is 0 Å². The SMILES string of the molecule is Cc1ccc2c(c1)[C@H](NC(=O)CCCN(c1ccc(F)c(F)c1)S(C)(=O)=O)CC(C)(C)O2. The second-order valence-corrected chi connectivity index (χ2v) is 10.7. The maximum absolute atomic E-state index is 13.6. The average molecular weight is 467 g/mol. The Hall–Kier alpha value is -2.68. The van der Waals surface area contributed by atoms with Gasteiger partial charge < -0.3 is 10.1 Å². The molecule has 1 amide bonds. The molecule has 1 N–H and O–H groups in total. The third-order valence-electron chi connectivity index (χ3n) is 5.31. The first-order valence-electron chi connectivity index (χ1n) is 10.4. The lowest BCUT2D eigenvalue weighted by Crippen LogP contribution is -2.41. The lowest BCUT2D eigenvalue weighted by atomic mass is 9.89. The molecule has 0 unspecified atom stereocenters. The highest BCUT2D eigenvalue weighted by molar-refractivity contribution is 7.92. The van der Waals surface area contributed by atoms with E-state index in [1.165, 1.54) is 6.07 Å². The number of amides is 1. The van der Waals surface area contributed by atoms with Crippen LogP contribution in [0.1, 0.15) is 50.3 Å². The third-order valence-corrected chi connectivity index (χ3v) is 6.51. The highest BCUT2D eigenvalue weighted by Gasteiger charge is 2.34. The standard InChI is InChI=1S/C23H28F2N2O4S/c1-15-7-10-21-17(12-15)20(14-23(2,3)31-21)26-22(28)6-5-11-27(32(4,29)30)16-8-9-18(24)19(25)13-16/h7-10,12-13,20H,5-6,11,14H2,1-4H3,(H,26,28)/t20-/m1/s1. The Labute approximate surface area is 187 Å². The number of fused-ring (bicyclic) bond motifs is 1. The topological polar surface area (TPSA) is 75.7 Å². The van der Waals surface area contributed by atoms with Gasteiger partial charge in [0.05, 0.1) is 18.0 Å². The number of anilines is 1. The minimum atomic E-state index is -3.74. The molecule has 0 aromatic heterocycles. The van der Waals surface area contributed by atoms with Gasteiger partial charge in [-0.2, -0.15) is 0 Å². The minimum absolute atomic E-state index is 0.0161. The minimum Gasteiger partial charge on any atom is -0.487 e. The Bertz CT molecular complexity index is 1120. The first kappa shape index (κ1) is 24.0. The summed E-state index contributed by atoms with van der Waals surface area (Å²) in [5.74, 6) is -1.68. The average Bonchev–Trinajstić information content (AvgIpc) is 2.66. The summed E-state index contributed by atoms with van der Waals surface area (Å²) >= 11 is 0. The summed E-state index contributed by atoms with van der Waals surface area (Å²) in [7, 11) is -3.74. The number of rotatable bonds is 7. The van der Waals surface area contributed by atoms with Gasteiger partial charge in [-0.05, 0) is 45.4 Å². The van der Waals surface area contributed by atoms with Gasteiger partial charge in [-0.1, -0.05) is 17.7 Å². The molecule has 1 atom stereocenters. The van der Waals surface area contributed by atoms with E-state index in [-0.39, 0.29) is 37.0 Å². The van der Waals surface area contributed by atoms with Crippen molar-refractivity contribution in [2.45, 2.75) is 51.7 Å². The zero-order chi connectivity index (χ0) is 23.7. The van der Waals surface area contributed by atoms with E-state index in [9.17, 15) is 22.0 Å². The van der Waals surface area contributed by atoms with E-state index in [4.69, 9.17) is 4.74 Å². The van der Waals surface area contributed by atoms with Crippen molar-refractivity contribution in [3.05, 3.63) is 59.2 Å². The molecule has 0 saturated heterocycles. The molecule has 1 aliphatic rings. The van der Waals surface area contributed by atoms with Gasteiger partial charge in [-0.25, -0.2) is 17.2 Å². The molecule has 1 heterocycles. The summed E-state index contributed by atoms with van der Waals surface area (Å²) < 4.78 is 58.1. The number of carbonyl (C=O) groups is 1. The number of hydrogen-bond acceptors (Lipinski definition) is 4. The number of aryl methyl sites for hydroxylation is 1. The molecule has 0 radical (unpaired) electrons. The summed E-state index contributed by atoms with van der Waals surface area (Å²) in [6.45, 7) is 5.85. The van der Waals surface area contributed by atoms with Crippen LogP contribution < -0.4 is 14.4 Å². The van der Waals surface area contributed by atoms with Gasteiger partial charge in [0.1, 0.15) is 11.4 Å². The summed E-state index contributed by atoms with van der Waals surface area (Å²) in [5.41, 5.74) is 1.54. The molecular weight excluding hydrogens is 438 g/mol. The molecule has 0 bridgehead atoms. The second-order valence-electron chi connectivity index (χ2n) is 8.76. The van der Waals surface area contributed by atoms with Crippen LogP contribution in [0, 0.1) is 18.6 Å². The number of nitrogens with zero attached hydrogens (tertiary/aromatic N) is 1. The van der Waals surface area contributed by atoms with Crippen molar-refractivity contribution in [2.24, 2.45) is 0 Å². The molecule has 0 aliphatic carbocycles. The fraction of sp³-hybridized carbons (Fsp3) is 0.435. The van der Waals surface area contributed by atoms with Crippen LogP contribution in [0.15, 0.2) is 36.4 Å². The lowest BCUT2D eigenvalue weighted by molar-refractivity contribution is -0.122. The Morgan fingerprint density at radius 2 is 1.91 bits per heavy atom. The van der Waals surface area contributed by atoms with Crippen LogP contribution in [-0.2, 0) is 14.8 Å². The van der Waals surface area contributed by atoms with E-state index in [1.54, 1.807) is 0 Å². The molecule has 32 heavy (non-hydrogen) atoms. The molecule has 3 rings (SSSR count). The van der Waals surface area contributed by atoms with Crippen molar-refractivity contribution in [1.82, 2.24) is 5.32 Å². The zero-order valence-corrected chi connectivity index (χ0v) is 19.4. The van der Waals surface area contributed by atoms with Crippen LogP contribution in [0.5, 0.6) is 5.75 Å². The van der Waals surface area contributed by atoms with E-state index in [0.29, 0.717) is 6.42 Å². The van der Waals surface area contributed by atoms with Crippen LogP contribution in [0.3, 0.4) is 0 Å². The molecule has 0 fully saturated rings. The van der Waals surface area contributed by atoms with Gasteiger partial charge >= 0.3 is 0 Å². The normalized spacial score (nSPS) is 17.2. The molecule has 0 saturated carbocycles. The molecule has 6 nitrogen and oxygen atoms in total. The van der Waals surface area contributed by atoms with E-state index >= 15 is 0 Å². The number of sulfonamides is 1. The number of hydrogen-bond donors (Lipinski definition) is 1. The van der Waals surface area contributed by atoms with Crippen molar-refractivity contribution >= 4 is 21.6 Å². The van der Waals surface area contributed by atoms with Crippen molar-refractivity contribution in [3.8, 4) is 5.75 Å². The highest BCUT2D eigenvalue weighted by Crippen LogP contribution is 2.39. The molecule has 174 valence electrons. The largest absolute Gasteiger partial charge is 0.487 e. The maximum Gasteiger partial charge on any atom is 0.232 e. The Morgan fingerprint density at radius 1 is 1.19 bits per heavy atom. The number of ether oxygens (including phenoxy) is 1. The molecule has 9 heteroatoms. The van der Waals surface area contributed by atoms with E-state index in [1.807, 2.05) is 39.0 Å². The van der Waals surface area contributed by atoms with Gasteiger partial charge in [-0.3, -0.25) is 9.10 Å². The Balaban J connectivity index is 1.66. The van der Waals surface area contributed by atoms with Gasteiger partial charge in [0, 0.05) is 31.0 Å². The quantitative estimate of drug-likeness (QED) is 0.662. The zero-order valence-electron chi connectivity index (χ0n) is 18.6. The van der Waals surface area contributed by atoms with Gasteiger partial charge in [0.15, 0.2) is 11.6 Å². The number of halogens is 2. The number of benzene rings is 2.